The summed E-state index contributed by atoms with van der Waals surface area (Å²) >= 11 is 7.80. The SMILES string of the molecule is O=c1[nH]c2nnc(SCc3ccccc3Cl)n2c2c1CCCC2. The molecule has 0 atom stereocenters. The third kappa shape index (κ3) is 2.66. The van der Waals surface area contributed by atoms with Crippen molar-refractivity contribution >= 4 is 29.1 Å². The van der Waals surface area contributed by atoms with Crippen LogP contribution in [0.1, 0.15) is 29.7 Å². The van der Waals surface area contributed by atoms with Crippen LogP contribution in [0.5, 0.6) is 0 Å². The first kappa shape index (κ1) is 14.8. The minimum atomic E-state index is -0.0257. The van der Waals surface area contributed by atoms with Crippen molar-refractivity contribution in [2.75, 3.05) is 0 Å². The lowest BCUT2D eigenvalue weighted by Crippen LogP contribution is -2.22. The lowest BCUT2D eigenvalue weighted by atomic mass is 9.97. The average molecular weight is 347 g/mol. The highest BCUT2D eigenvalue weighted by atomic mass is 35.5. The quantitative estimate of drug-likeness (QED) is 0.739. The molecule has 0 spiro atoms. The number of fused-ring (bicyclic) bond motifs is 3. The highest BCUT2D eigenvalue weighted by Gasteiger charge is 2.20. The molecule has 0 amide bonds. The summed E-state index contributed by atoms with van der Waals surface area (Å²) in [7, 11) is 0. The molecule has 1 aromatic carbocycles. The Hall–Kier alpha value is -1.79. The van der Waals surface area contributed by atoms with Gasteiger partial charge in [0.1, 0.15) is 0 Å². The van der Waals surface area contributed by atoms with Crippen molar-refractivity contribution in [3.05, 3.63) is 56.5 Å². The monoisotopic (exact) mass is 346 g/mol. The molecule has 2 aromatic heterocycles. The van der Waals surface area contributed by atoms with Gasteiger partial charge in [-0.25, -0.2) is 0 Å². The van der Waals surface area contributed by atoms with Gasteiger partial charge in [-0.1, -0.05) is 41.6 Å². The first-order valence-corrected chi connectivity index (χ1v) is 8.96. The van der Waals surface area contributed by atoms with Crippen molar-refractivity contribution in [3.8, 4) is 0 Å². The van der Waals surface area contributed by atoms with Gasteiger partial charge in [0.15, 0.2) is 5.16 Å². The van der Waals surface area contributed by atoms with Crippen LogP contribution in [0.15, 0.2) is 34.2 Å². The van der Waals surface area contributed by atoms with E-state index in [9.17, 15) is 4.79 Å². The maximum Gasteiger partial charge on any atom is 0.255 e. The van der Waals surface area contributed by atoms with Crippen molar-refractivity contribution in [1.29, 1.82) is 0 Å². The van der Waals surface area contributed by atoms with Crippen molar-refractivity contribution in [1.82, 2.24) is 19.6 Å². The summed E-state index contributed by atoms with van der Waals surface area (Å²) < 4.78 is 2.00. The summed E-state index contributed by atoms with van der Waals surface area (Å²) in [6.45, 7) is 0. The van der Waals surface area contributed by atoms with Crippen LogP contribution in [0.25, 0.3) is 5.78 Å². The number of nitrogens with zero attached hydrogens (tertiary/aromatic N) is 3. The molecule has 0 saturated carbocycles. The van der Waals surface area contributed by atoms with Gasteiger partial charge < -0.3 is 0 Å². The second-order valence-corrected chi connectivity index (χ2v) is 6.96. The van der Waals surface area contributed by atoms with Crippen LogP contribution in [0.4, 0.5) is 0 Å². The highest BCUT2D eigenvalue weighted by Crippen LogP contribution is 2.28. The van der Waals surface area contributed by atoms with Crippen molar-refractivity contribution in [3.63, 3.8) is 0 Å². The van der Waals surface area contributed by atoms with Crippen LogP contribution in [0.3, 0.4) is 0 Å². The highest BCUT2D eigenvalue weighted by molar-refractivity contribution is 7.98. The van der Waals surface area contributed by atoms with Gasteiger partial charge in [-0.2, -0.15) is 0 Å². The molecule has 1 aliphatic carbocycles. The zero-order valence-electron chi connectivity index (χ0n) is 12.4. The molecule has 1 N–H and O–H groups in total. The Kier molecular flexibility index (Phi) is 3.87. The molecule has 0 saturated heterocycles. The summed E-state index contributed by atoms with van der Waals surface area (Å²) in [6.07, 6.45) is 3.88. The topological polar surface area (TPSA) is 63.0 Å². The second kappa shape index (κ2) is 6.02. The Balaban J connectivity index is 1.73. The molecule has 23 heavy (non-hydrogen) atoms. The minimum Gasteiger partial charge on any atom is -0.290 e. The molecule has 2 heterocycles. The largest absolute Gasteiger partial charge is 0.290 e. The second-order valence-electron chi connectivity index (χ2n) is 5.61. The molecule has 0 radical (unpaired) electrons. The Bertz CT molecular complexity index is 933. The first-order chi connectivity index (χ1) is 11.2. The Morgan fingerprint density at radius 2 is 2.04 bits per heavy atom. The van der Waals surface area contributed by atoms with Crippen molar-refractivity contribution in [2.24, 2.45) is 0 Å². The zero-order chi connectivity index (χ0) is 15.8. The molecule has 5 nitrogen and oxygen atoms in total. The fraction of sp³-hybridized carbons (Fsp3) is 0.312. The maximum absolute atomic E-state index is 12.2. The maximum atomic E-state index is 12.2. The van der Waals surface area contributed by atoms with Crippen molar-refractivity contribution < 1.29 is 0 Å². The number of rotatable bonds is 3. The van der Waals surface area contributed by atoms with Gasteiger partial charge in [0.2, 0.25) is 5.78 Å². The number of aromatic amines is 1. The lowest BCUT2D eigenvalue weighted by Gasteiger charge is -2.16. The molecule has 3 aromatic rings. The van der Waals surface area contributed by atoms with E-state index in [4.69, 9.17) is 11.6 Å². The van der Waals surface area contributed by atoms with E-state index in [1.807, 2.05) is 28.7 Å². The van der Waals surface area contributed by atoms with Gasteiger partial charge in [-0.3, -0.25) is 14.2 Å². The summed E-state index contributed by atoms with van der Waals surface area (Å²) in [4.78, 5) is 15.0. The van der Waals surface area contributed by atoms with Gasteiger partial charge in [-0.15, -0.1) is 10.2 Å². The van der Waals surface area contributed by atoms with Crippen LogP contribution in [0, 0.1) is 0 Å². The number of nitrogens with one attached hydrogen (secondary N) is 1. The van der Waals surface area contributed by atoms with E-state index in [2.05, 4.69) is 15.2 Å². The predicted molar refractivity (Wildman–Crippen MR) is 91.3 cm³/mol. The number of hydrogen-bond acceptors (Lipinski definition) is 4. The standard InChI is InChI=1S/C16H15ClN4OS/c17-12-7-3-1-5-10(12)9-23-16-20-19-15-18-14(22)11-6-2-4-8-13(11)21(15)16/h1,3,5,7H,2,4,6,8-9H2,(H,18,19,22). The number of halogens is 1. The van der Waals surface area contributed by atoms with Crippen molar-refractivity contribution in [2.45, 2.75) is 36.6 Å². The molecular formula is C16H15ClN4OS. The van der Waals surface area contributed by atoms with E-state index in [0.717, 1.165) is 52.7 Å². The van der Waals surface area contributed by atoms with Crippen LogP contribution >= 0.6 is 23.4 Å². The molecule has 118 valence electrons. The Morgan fingerprint density at radius 3 is 2.91 bits per heavy atom. The van der Waals surface area contributed by atoms with E-state index in [1.54, 1.807) is 11.8 Å². The van der Waals surface area contributed by atoms with E-state index in [1.165, 1.54) is 0 Å². The normalized spacial score (nSPS) is 14.1. The lowest BCUT2D eigenvalue weighted by molar-refractivity contribution is 0.639. The van der Waals surface area contributed by atoms with Gasteiger partial charge in [0.25, 0.3) is 5.56 Å². The number of thioether (sulfide) groups is 1. The van der Waals surface area contributed by atoms with Crippen LogP contribution in [0.2, 0.25) is 5.02 Å². The van der Waals surface area contributed by atoms with E-state index in [-0.39, 0.29) is 5.56 Å². The fourth-order valence-corrected chi connectivity index (χ4v) is 4.25. The number of aryl methyl sites for hydroxylation is 1. The van der Waals surface area contributed by atoms with Crippen LogP contribution in [-0.4, -0.2) is 19.6 Å². The minimum absolute atomic E-state index is 0.0257. The van der Waals surface area contributed by atoms with Crippen LogP contribution < -0.4 is 5.56 Å². The summed E-state index contributed by atoms with van der Waals surface area (Å²) in [5.74, 6) is 1.24. The van der Waals surface area contributed by atoms with E-state index in [0.29, 0.717) is 11.5 Å². The fourth-order valence-electron chi connectivity index (χ4n) is 3.00. The number of aromatic nitrogens is 4. The molecule has 0 fully saturated rings. The Labute approximate surface area is 142 Å². The zero-order valence-corrected chi connectivity index (χ0v) is 14.0. The summed E-state index contributed by atoms with van der Waals surface area (Å²) in [6, 6.07) is 7.79. The molecule has 1 aliphatic rings. The molecular weight excluding hydrogens is 332 g/mol. The predicted octanol–water partition coefficient (Wildman–Crippen LogP) is 3.24. The van der Waals surface area contributed by atoms with Gasteiger partial charge >= 0.3 is 0 Å². The third-order valence-corrected chi connectivity index (χ3v) is 5.50. The molecule has 7 heteroatoms. The third-order valence-electron chi connectivity index (χ3n) is 4.16. The number of H-pyrrole nitrogens is 1. The average Bonchev–Trinajstić information content (AvgIpc) is 2.97. The molecule has 0 bridgehead atoms. The van der Waals surface area contributed by atoms with Gasteiger partial charge in [-0.05, 0) is 37.3 Å². The number of hydrogen-bond donors (Lipinski definition) is 1. The van der Waals surface area contributed by atoms with E-state index < -0.39 is 0 Å². The molecule has 4 rings (SSSR count). The molecule has 0 unspecified atom stereocenters. The van der Waals surface area contributed by atoms with E-state index >= 15 is 0 Å². The van der Waals surface area contributed by atoms with Gasteiger partial charge in [0, 0.05) is 22.0 Å². The molecule has 0 aliphatic heterocycles. The Morgan fingerprint density at radius 1 is 1.22 bits per heavy atom. The summed E-state index contributed by atoms with van der Waals surface area (Å²) in [5.41, 5.74) is 2.97. The smallest absolute Gasteiger partial charge is 0.255 e. The number of benzene rings is 1. The first-order valence-electron chi connectivity index (χ1n) is 7.59. The van der Waals surface area contributed by atoms with Crippen LogP contribution in [-0.2, 0) is 18.6 Å². The summed E-state index contributed by atoms with van der Waals surface area (Å²) in [5, 5.41) is 9.93. The van der Waals surface area contributed by atoms with Gasteiger partial charge in [0.05, 0.1) is 0 Å².